The summed E-state index contributed by atoms with van der Waals surface area (Å²) in [5, 5.41) is 4.42. The van der Waals surface area contributed by atoms with Crippen LogP contribution in [0.2, 0.25) is 0 Å². The Labute approximate surface area is 241 Å². The zero-order chi connectivity index (χ0) is 29.4. The Morgan fingerprint density at radius 2 is 1.83 bits per heavy atom. The van der Waals surface area contributed by atoms with Gasteiger partial charge in [-0.3, -0.25) is 9.67 Å². The van der Waals surface area contributed by atoms with E-state index in [1.807, 2.05) is 71.1 Å². The zero-order valence-electron chi connectivity index (χ0n) is 24.2. The van der Waals surface area contributed by atoms with Crippen molar-refractivity contribution >= 4 is 27.6 Å². The largest absolute Gasteiger partial charge is 0.457 e. The van der Waals surface area contributed by atoms with Crippen LogP contribution in [0.5, 0.6) is 11.5 Å². The standard InChI is InChI=1S/C32H32F2N6O2/c1-18-37-23-7-6-21(10-25(23)38-18)41-27-9-8-24-29(28(27)22-13-30(2,3)42-31(22,4)5)39-26(15-35-24)20-14-36-40(17-20)16-19-11-32(33,34)12-19/h6-10,13-15,17,19H,11-12,16H2,1-5H3,(H,37,38). The van der Waals surface area contributed by atoms with Gasteiger partial charge >= 0.3 is 0 Å². The molecule has 2 aliphatic rings. The van der Waals surface area contributed by atoms with E-state index >= 15 is 0 Å². The van der Waals surface area contributed by atoms with E-state index in [1.165, 1.54) is 0 Å². The molecule has 5 aromatic rings. The summed E-state index contributed by atoms with van der Waals surface area (Å²) in [7, 11) is 0. The van der Waals surface area contributed by atoms with Gasteiger partial charge in [-0.05, 0) is 76.5 Å². The van der Waals surface area contributed by atoms with E-state index in [0.29, 0.717) is 34.8 Å². The molecule has 0 saturated heterocycles. The van der Waals surface area contributed by atoms with Gasteiger partial charge in [0.25, 0.3) is 0 Å². The monoisotopic (exact) mass is 570 g/mol. The van der Waals surface area contributed by atoms with E-state index < -0.39 is 17.1 Å². The first-order valence-electron chi connectivity index (χ1n) is 14.1. The van der Waals surface area contributed by atoms with E-state index in [9.17, 15) is 8.78 Å². The molecule has 0 spiro atoms. The maximum absolute atomic E-state index is 13.3. The topological polar surface area (TPSA) is 90.7 Å². The highest BCUT2D eigenvalue weighted by Gasteiger charge is 2.45. The molecular weight excluding hydrogens is 538 g/mol. The second kappa shape index (κ2) is 9.16. The third-order valence-electron chi connectivity index (χ3n) is 7.95. The smallest absolute Gasteiger partial charge is 0.248 e. The van der Waals surface area contributed by atoms with Crippen LogP contribution in [-0.2, 0) is 11.3 Å². The Bertz CT molecular complexity index is 1880. The van der Waals surface area contributed by atoms with Crippen LogP contribution in [0.4, 0.5) is 8.78 Å². The number of benzene rings is 2. The van der Waals surface area contributed by atoms with Crippen LogP contribution in [0.25, 0.3) is 38.9 Å². The fourth-order valence-corrected chi connectivity index (χ4v) is 6.26. The van der Waals surface area contributed by atoms with Crippen LogP contribution >= 0.6 is 0 Å². The molecular formula is C32H32F2N6O2. The second-order valence-corrected chi connectivity index (χ2v) is 12.5. The number of aromatic amines is 1. The van der Waals surface area contributed by atoms with Crippen LogP contribution in [-0.4, -0.2) is 46.8 Å². The molecule has 3 aromatic heterocycles. The van der Waals surface area contributed by atoms with Gasteiger partial charge in [0.2, 0.25) is 5.92 Å². The maximum Gasteiger partial charge on any atom is 0.248 e. The van der Waals surface area contributed by atoms with Crippen LogP contribution in [0.1, 0.15) is 51.9 Å². The SMILES string of the molecule is Cc1nc2ccc(Oc3ccc4ncc(-c5cnn(CC6CC(F)(F)C6)c5)nc4c3C3=CC(C)(C)OC3(C)C)cc2[nH]1. The summed E-state index contributed by atoms with van der Waals surface area (Å²) in [6.45, 7) is 10.5. The van der Waals surface area contributed by atoms with Crippen molar-refractivity contribution in [2.24, 2.45) is 5.92 Å². The normalized spacial score (nSPS) is 19.3. The Kier molecular flexibility index (Phi) is 5.82. The molecule has 1 saturated carbocycles. The number of ether oxygens (including phenoxy) is 2. The molecule has 0 radical (unpaired) electrons. The number of alkyl halides is 2. The molecule has 1 aliphatic heterocycles. The highest BCUT2D eigenvalue weighted by atomic mass is 19.3. The summed E-state index contributed by atoms with van der Waals surface area (Å²) in [5.41, 5.74) is 5.21. The Hall–Kier alpha value is -4.18. The quantitative estimate of drug-likeness (QED) is 0.228. The van der Waals surface area contributed by atoms with Gasteiger partial charge in [0, 0.05) is 37.2 Å². The lowest BCUT2D eigenvalue weighted by Crippen LogP contribution is -2.37. The average Bonchev–Trinajstić information content (AvgIpc) is 3.56. The first-order chi connectivity index (χ1) is 19.8. The number of H-pyrrole nitrogens is 1. The fourth-order valence-electron chi connectivity index (χ4n) is 6.26. The number of imidazole rings is 1. The average molecular weight is 571 g/mol. The van der Waals surface area contributed by atoms with Crippen molar-refractivity contribution in [3.63, 3.8) is 0 Å². The van der Waals surface area contributed by atoms with Crippen molar-refractivity contribution in [2.45, 2.75) is 71.1 Å². The van der Waals surface area contributed by atoms with E-state index in [4.69, 9.17) is 19.4 Å². The predicted molar refractivity (Wildman–Crippen MR) is 157 cm³/mol. The molecule has 1 fully saturated rings. The van der Waals surface area contributed by atoms with Gasteiger partial charge < -0.3 is 14.5 Å². The van der Waals surface area contributed by atoms with Crippen LogP contribution in [0.3, 0.4) is 0 Å². The lowest BCUT2D eigenvalue weighted by Gasteiger charge is -2.34. The Morgan fingerprint density at radius 3 is 2.57 bits per heavy atom. The molecule has 0 bridgehead atoms. The third-order valence-corrected chi connectivity index (χ3v) is 7.95. The first kappa shape index (κ1) is 26.7. The number of hydrogen-bond acceptors (Lipinski definition) is 6. The van der Waals surface area contributed by atoms with E-state index in [1.54, 1.807) is 17.1 Å². The summed E-state index contributed by atoms with van der Waals surface area (Å²) < 4.78 is 41.4. The van der Waals surface area contributed by atoms with Crippen molar-refractivity contribution in [2.75, 3.05) is 0 Å². The van der Waals surface area contributed by atoms with Gasteiger partial charge in [-0.2, -0.15) is 5.10 Å². The molecule has 1 aliphatic carbocycles. The highest BCUT2D eigenvalue weighted by Crippen LogP contribution is 2.48. The minimum absolute atomic E-state index is 0.0773. The summed E-state index contributed by atoms with van der Waals surface area (Å²) in [4.78, 5) is 17.6. The van der Waals surface area contributed by atoms with Crippen LogP contribution in [0, 0.1) is 12.8 Å². The second-order valence-electron chi connectivity index (χ2n) is 12.5. The molecule has 216 valence electrons. The summed E-state index contributed by atoms with van der Waals surface area (Å²) in [6, 6.07) is 9.59. The number of aromatic nitrogens is 6. The minimum Gasteiger partial charge on any atom is -0.457 e. The van der Waals surface area contributed by atoms with E-state index in [-0.39, 0.29) is 18.8 Å². The summed E-state index contributed by atoms with van der Waals surface area (Å²) in [5.74, 6) is -0.499. The number of nitrogens with zero attached hydrogens (tertiary/aromatic N) is 5. The number of rotatable bonds is 6. The van der Waals surface area contributed by atoms with E-state index in [2.05, 4.69) is 21.1 Å². The molecule has 10 heteroatoms. The zero-order valence-corrected chi connectivity index (χ0v) is 24.2. The van der Waals surface area contributed by atoms with Crippen LogP contribution in [0.15, 0.2) is 55.0 Å². The van der Waals surface area contributed by atoms with Gasteiger partial charge in [0.1, 0.15) is 22.8 Å². The molecule has 0 atom stereocenters. The highest BCUT2D eigenvalue weighted by molar-refractivity contribution is 5.95. The van der Waals surface area contributed by atoms with Crippen molar-refractivity contribution in [1.82, 2.24) is 29.7 Å². The van der Waals surface area contributed by atoms with Crippen molar-refractivity contribution < 1.29 is 18.3 Å². The van der Waals surface area contributed by atoms with Gasteiger partial charge in [-0.25, -0.2) is 18.7 Å². The number of fused-ring (bicyclic) bond motifs is 2. The van der Waals surface area contributed by atoms with Crippen molar-refractivity contribution in [3.8, 4) is 22.8 Å². The van der Waals surface area contributed by atoms with Crippen molar-refractivity contribution in [1.29, 1.82) is 0 Å². The Balaban J connectivity index is 1.32. The predicted octanol–water partition coefficient (Wildman–Crippen LogP) is 7.49. The Morgan fingerprint density at radius 1 is 1.05 bits per heavy atom. The number of aryl methyl sites for hydroxylation is 1. The number of hydrogen-bond donors (Lipinski definition) is 1. The first-order valence-corrected chi connectivity index (χ1v) is 14.1. The molecule has 42 heavy (non-hydrogen) atoms. The molecule has 1 N–H and O–H groups in total. The van der Waals surface area contributed by atoms with Gasteiger partial charge in [0.05, 0.1) is 51.4 Å². The van der Waals surface area contributed by atoms with Crippen molar-refractivity contribution in [3.05, 3.63) is 66.4 Å². The summed E-state index contributed by atoms with van der Waals surface area (Å²) >= 11 is 0. The lowest BCUT2D eigenvalue weighted by atomic mass is 9.81. The van der Waals surface area contributed by atoms with Gasteiger partial charge in [0.15, 0.2) is 0 Å². The van der Waals surface area contributed by atoms with Gasteiger partial charge in [-0.15, -0.1) is 0 Å². The third kappa shape index (κ3) is 4.83. The van der Waals surface area contributed by atoms with E-state index in [0.717, 1.165) is 33.6 Å². The molecule has 0 amide bonds. The van der Waals surface area contributed by atoms with Crippen LogP contribution < -0.4 is 4.74 Å². The molecule has 7 rings (SSSR count). The molecule has 8 nitrogen and oxygen atoms in total. The number of nitrogens with one attached hydrogen (secondary N) is 1. The number of halogens is 2. The fraction of sp³-hybridized carbons (Fsp3) is 0.375. The molecule has 2 aromatic carbocycles. The summed E-state index contributed by atoms with van der Waals surface area (Å²) in [6.07, 6.45) is 7.20. The lowest BCUT2D eigenvalue weighted by molar-refractivity contribution is -0.114. The minimum atomic E-state index is -2.55. The molecule has 4 heterocycles. The van der Waals surface area contributed by atoms with Gasteiger partial charge in [-0.1, -0.05) is 0 Å². The maximum atomic E-state index is 13.3. The molecule has 0 unspecified atom stereocenters.